The normalized spacial score (nSPS) is 50.2. The van der Waals surface area contributed by atoms with E-state index in [1.165, 1.54) is 0 Å². The summed E-state index contributed by atoms with van der Waals surface area (Å²) in [5.74, 6) is -0.715. The molecule has 0 bridgehead atoms. The first-order valence-electron chi connectivity index (χ1n) is 9.49. The van der Waals surface area contributed by atoms with Gasteiger partial charge in [0.05, 0.1) is 31.3 Å². The fourth-order valence-electron chi connectivity index (χ4n) is 5.12. The molecule has 10 atom stereocenters. The average molecular weight is 372 g/mol. The highest BCUT2D eigenvalue weighted by molar-refractivity contribution is 5.72. The molecule has 0 aliphatic carbocycles. The van der Waals surface area contributed by atoms with Gasteiger partial charge in [0.1, 0.15) is 24.4 Å². The molecule has 0 saturated carbocycles. The van der Waals surface area contributed by atoms with Gasteiger partial charge in [0.25, 0.3) is 0 Å². The summed E-state index contributed by atoms with van der Waals surface area (Å²) in [4.78, 5) is 11.6. The lowest BCUT2D eigenvalue weighted by Crippen LogP contribution is -2.58. The molecule has 4 rings (SSSR count). The molecule has 4 aliphatic rings. The zero-order chi connectivity index (χ0) is 18.6. The Balaban J connectivity index is 1.48. The Bertz CT molecular complexity index is 555. The van der Waals surface area contributed by atoms with E-state index in [1.807, 2.05) is 0 Å². The molecule has 0 aromatic rings. The zero-order valence-electron chi connectivity index (χ0n) is 15.1. The van der Waals surface area contributed by atoms with Crippen LogP contribution in [-0.4, -0.2) is 76.4 Å². The number of esters is 1. The van der Waals surface area contributed by atoms with Crippen LogP contribution in [0, 0.1) is 11.8 Å². The third-order valence-corrected chi connectivity index (χ3v) is 6.25. The lowest BCUT2D eigenvalue weighted by atomic mass is 9.80. The number of fused-ring (bicyclic) bond motifs is 2. The summed E-state index contributed by atoms with van der Waals surface area (Å²) < 4.78 is 23.9. The third kappa shape index (κ3) is 3.06. The summed E-state index contributed by atoms with van der Waals surface area (Å²) in [5.41, 5.74) is 0. The van der Waals surface area contributed by atoms with Gasteiger partial charge in [-0.3, -0.25) is 4.79 Å². The first-order chi connectivity index (χ1) is 12.3. The highest BCUT2D eigenvalue weighted by Crippen LogP contribution is 2.49. The number of hydrogen-bond acceptors (Lipinski definition) is 8. The molecule has 4 saturated heterocycles. The van der Waals surface area contributed by atoms with Crippen LogP contribution in [0.3, 0.4) is 0 Å². The number of carbonyl (C=O) groups excluding carboxylic acids is 1. The minimum Gasteiger partial charge on any atom is -0.459 e. The predicted octanol–water partition coefficient (Wildman–Crippen LogP) is -0.280. The van der Waals surface area contributed by atoms with Crippen molar-refractivity contribution in [3.05, 3.63) is 0 Å². The number of hydrogen-bond donors (Lipinski definition) is 3. The molecular weight excluding hydrogens is 344 g/mol. The molecule has 26 heavy (non-hydrogen) atoms. The van der Waals surface area contributed by atoms with E-state index in [0.29, 0.717) is 19.3 Å². The molecule has 4 aliphatic heterocycles. The van der Waals surface area contributed by atoms with Crippen LogP contribution in [0.1, 0.15) is 39.5 Å². The Labute approximate surface area is 152 Å². The van der Waals surface area contributed by atoms with Crippen molar-refractivity contribution in [2.75, 3.05) is 6.61 Å². The van der Waals surface area contributed by atoms with E-state index in [0.717, 1.165) is 0 Å². The van der Waals surface area contributed by atoms with Gasteiger partial charge in [-0.25, -0.2) is 0 Å². The van der Waals surface area contributed by atoms with Crippen LogP contribution in [0.25, 0.3) is 0 Å². The van der Waals surface area contributed by atoms with Gasteiger partial charge in [-0.1, -0.05) is 13.8 Å². The van der Waals surface area contributed by atoms with E-state index in [9.17, 15) is 15.0 Å². The standard InChI is InChI=1S/C18H28O8/c1-8-5-18(6-9(2)17-13(26-18)4-14(21)24-17)25-12-3-11(23-16(8)12)15(22)10(20)7-19/h8-13,15-17,19-20,22H,3-7H2,1-2H3/t8-,9-,10-,11-,12-,13-,15-,16-,17-,18+/m0/s1. The quantitative estimate of drug-likeness (QED) is 0.580. The molecule has 0 radical (unpaired) electrons. The maximum atomic E-state index is 11.6. The van der Waals surface area contributed by atoms with E-state index in [2.05, 4.69) is 13.8 Å². The van der Waals surface area contributed by atoms with Crippen LogP contribution < -0.4 is 0 Å². The smallest absolute Gasteiger partial charge is 0.308 e. The van der Waals surface area contributed by atoms with Crippen molar-refractivity contribution in [2.24, 2.45) is 11.8 Å². The van der Waals surface area contributed by atoms with Gasteiger partial charge in [-0.15, -0.1) is 0 Å². The SMILES string of the molecule is C[C@H]1C[C@@]2(C[C@H](C)[C@@H]3O[C@H]([C@@H](O)[C@@H](O)CO)C[C@@H]3O2)O[C@H]2CC(=O)O[C@H]21. The molecule has 0 aromatic heterocycles. The van der Waals surface area contributed by atoms with E-state index < -0.39 is 30.7 Å². The van der Waals surface area contributed by atoms with Gasteiger partial charge in [-0.2, -0.15) is 0 Å². The fraction of sp³-hybridized carbons (Fsp3) is 0.944. The summed E-state index contributed by atoms with van der Waals surface area (Å²) in [6.45, 7) is 3.60. The monoisotopic (exact) mass is 372 g/mol. The van der Waals surface area contributed by atoms with Crippen LogP contribution in [0.5, 0.6) is 0 Å². The summed E-state index contributed by atoms with van der Waals surface area (Å²) >= 11 is 0. The van der Waals surface area contributed by atoms with E-state index in [4.69, 9.17) is 24.1 Å². The lowest BCUT2D eigenvalue weighted by molar-refractivity contribution is -0.346. The molecule has 4 heterocycles. The van der Waals surface area contributed by atoms with E-state index in [1.54, 1.807) is 0 Å². The molecule has 4 fully saturated rings. The van der Waals surface area contributed by atoms with Crippen molar-refractivity contribution >= 4 is 5.97 Å². The molecule has 0 amide bonds. The Morgan fingerprint density at radius 1 is 1.12 bits per heavy atom. The number of ether oxygens (including phenoxy) is 4. The molecular formula is C18H28O8. The first kappa shape index (κ1) is 18.6. The lowest BCUT2D eigenvalue weighted by Gasteiger charge is -2.50. The number of aliphatic hydroxyl groups excluding tert-OH is 3. The minimum absolute atomic E-state index is 0.138. The highest BCUT2D eigenvalue weighted by atomic mass is 16.7. The number of aliphatic hydroxyl groups is 3. The molecule has 8 heteroatoms. The van der Waals surface area contributed by atoms with Crippen molar-refractivity contribution in [3.63, 3.8) is 0 Å². The summed E-state index contributed by atoms with van der Waals surface area (Å²) in [7, 11) is 0. The largest absolute Gasteiger partial charge is 0.459 e. The predicted molar refractivity (Wildman–Crippen MR) is 86.9 cm³/mol. The highest BCUT2D eigenvalue weighted by Gasteiger charge is 2.58. The van der Waals surface area contributed by atoms with E-state index >= 15 is 0 Å². The van der Waals surface area contributed by atoms with Crippen molar-refractivity contribution in [3.8, 4) is 0 Å². The molecule has 0 unspecified atom stereocenters. The molecule has 148 valence electrons. The van der Waals surface area contributed by atoms with Gasteiger partial charge in [0.15, 0.2) is 5.79 Å². The van der Waals surface area contributed by atoms with Crippen molar-refractivity contribution < 1.29 is 39.1 Å². The second-order valence-electron chi connectivity index (χ2n) is 8.36. The Morgan fingerprint density at radius 3 is 2.46 bits per heavy atom. The summed E-state index contributed by atoms with van der Waals surface area (Å²) in [6.07, 6.45) is -1.96. The van der Waals surface area contributed by atoms with Crippen LogP contribution >= 0.6 is 0 Å². The van der Waals surface area contributed by atoms with E-state index in [-0.39, 0.29) is 48.6 Å². The second kappa shape index (κ2) is 6.68. The van der Waals surface area contributed by atoms with Crippen molar-refractivity contribution in [2.45, 2.75) is 88.0 Å². The molecule has 1 spiro atoms. The van der Waals surface area contributed by atoms with Crippen LogP contribution in [-0.2, 0) is 23.7 Å². The summed E-state index contributed by atoms with van der Waals surface area (Å²) in [5, 5.41) is 28.9. The zero-order valence-corrected chi connectivity index (χ0v) is 15.1. The molecule has 3 N–H and O–H groups in total. The Kier molecular flexibility index (Phi) is 4.78. The average Bonchev–Trinajstić information content (AvgIpc) is 3.16. The van der Waals surface area contributed by atoms with Gasteiger partial charge < -0.3 is 34.3 Å². The summed E-state index contributed by atoms with van der Waals surface area (Å²) in [6, 6.07) is 0. The van der Waals surface area contributed by atoms with Crippen molar-refractivity contribution in [1.82, 2.24) is 0 Å². The van der Waals surface area contributed by atoms with Crippen molar-refractivity contribution in [1.29, 1.82) is 0 Å². The molecule has 8 nitrogen and oxygen atoms in total. The van der Waals surface area contributed by atoms with Gasteiger partial charge >= 0.3 is 5.97 Å². The topological polar surface area (TPSA) is 115 Å². The van der Waals surface area contributed by atoms with Crippen LogP contribution in [0.4, 0.5) is 0 Å². The van der Waals surface area contributed by atoms with Crippen LogP contribution in [0.2, 0.25) is 0 Å². The Hall–Kier alpha value is -0.770. The number of carbonyl (C=O) groups is 1. The maximum absolute atomic E-state index is 11.6. The third-order valence-electron chi connectivity index (χ3n) is 6.25. The molecule has 0 aromatic carbocycles. The minimum atomic E-state index is -1.24. The fourth-order valence-corrected chi connectivity index (χ4v) is 5.12. The van der Waals surface area contributed by atoms with Crippen LogP contribution in [0.15, 0.2) is 0 Å². The number of rotatable bonds is 3. The first-order valence-corrected chi connectivity index (χ1v) is 9.49. The second-order valence-corrected chi connectivity index (χ2v) is 8.36. The Morgan fingerprint density at radius 2 is 1.77 bits per heavy atom. The van der Waals surface area contributed by atoms with Gasteiger partial charge in [-0.05, 0) is 5.92 Å². The maximum Gasteiger partial charge on any atom is 0.308 e. The van der Waals surface area contributed by atoms with Gasteiger partial charge in [0, 0.05) is 25.2 Å². The van der Waals surface area contributed by atoms with Gasteiger partial charge in [0.2, 0.25) is 0 Å².